The summed E-state index contributed by atoms with van der Waals surface area (Å²) in [5.41, 5.74) is 8.21. The average molecular weight is 1250 g/mol. The van der Waals surface area contributed by atoms with Gasteiger partial charge >= 0.3 is 0 Å². The van der Waals surface area contributed by atoms with Gasteiger partial charge in [-0.25, -0.2) is 4.98 Å². The number of amides is 6. The smallest absolute Gasteiger partial charge is 0.255 e. The molecule has 4 aromatic carbocycles. The molecule has 3 aliphatic heterocycles. The topological polar surface area (TPSA) is 230 Å². The zero-order valence-corrected chi connectivity index (χ0v) is 53.6. The highest BCUT2D eigenvalue weighted by atomic mass is 32.1. The van der Waals surface area contributed by atoms with Crippen LogP contribution in [0.1, 0.15) is 149 Å². The summed E-state index contributed by atoms with van der Waals surface area (Å²) >= 11 is 1.54. The summed E-state index contributed by atoms with van der Waals surface area (Å²) in [6.45, 7) is 10.2. The molecule has 20 heteroatoms. The largest absolute Gasteiger partial charge is 0.493 e. The molecule has 4 heterocycles. The van der Waals surface area contributed by atoms with E-state index in [0.717, 1.165) is 110 Å². The van der Waals surface area contributed by atoms with Crippen molar-refractivity contribution in [1.29, 1.82) is 0 Å². The molecule has 19 nitrogen and oxygen atoms in total. The maximum atomic E-state index is 14.9. The maximum absolute atomic E-state index is 14.9. The van der Waals surface area contributed by atoms with Crippen molar-refractivity contribution in [1.82, 2.24) is 41.0 Å². The number of carbonyl (C=O) groups is 6. The Morgan fingerprint density at radius 3 is 2.20 bits per heavy atom. The third kappa shape index (κ3) is 16.0. The molecule has 2 aliphatic carbocycles. The molecule has 5 aliphatic rings. The Bertz CT molecular complexity index is 3300. The molecule has 482 valence electrons. The van der Waals surface area contributed by atoms with Crippen molar-refractivity contribution >= 4 is 46.8 Å². The van der Waals surface area contributed by atoms with Crippen molar-refractivity contribution in [2.24, 2.45) is 11.8 Å². The van der Waals surface area contributed by atoms with Crippen molar-refractivity contribution in [3.8, 4) is 27.7 Å². The number of unbranched alkanes of at least 4 members (excludes halogenated alkanes) is 2. The fourth-order valence-corrected chi connectivity index (χ4v) is 14.3. The fourth-order valence-electron chi connectivity index (χ4n) is 13.5. The Kier molecular flexibility index (Phi) is 22.6. The third-order valence-electron chi connectivity index (χ3n) is 18.5. The number of carbonyl (C=O) groups excluding carboxylic acids is 6. The number of hydrogen-bond acceptors (Lipinski definition) is 14. The second-order valence-corrected chi connectivity index (χ2v) is 26.1. The van der Waals surface area contributed by atoms with Gasteiger partial charge in [-0.2, -0.15) is 0 Å². The Labute approximate surface area is 533 Å². The van der Waals surface area contributed by atoms with Crippen LogP contribution >= 0.6 is 11.3 Å². The number of aryl methyl sites for hydroxylation is 2. The van der Waals surface area contributed by atoms with Crippen LogP contribution in [0.5, 0.6) is 17.2 Å². The minimum Gasteiger partial charge on any atom is -0.493 e. The highest BCUT2D eigenvalue weighted by Crippen LogP contribution is 2.36. The number of nitrogens with zero attached hydrogens (tertiary/aromatic N) is 4. The first kappa shape index (κ1) is 65.6. The summed E-state index contributed by atoms with van der Waals surface area (Å²) in [7, 11) is 1.72. The number of aliphatic hydroxyl groups excluding tert-OH is 1. The van der Waals surface area contributed by atoms with Gasteiger partial charge in [0.25, 0.3) is 5.91 Å². The zero-order valence-electron chi connectivity index (χ0n) is 52.8. The molecule has 90 heavy (non-hydrogen) atoms. The Morgan fingerprint density at radius 1 is 0.744 bits per heavy atom. The Morgan fingerprint density at radius 2 is 1.46 bits per heavy atom. The van der Waals surface area contributed by atoms with Gasteiger partial charge in [-0.1, -0.05) is 93.8 Å². The van der Waals surface area contributed by atoms with Crippen molar-refractivity contribution in [2.45, 2.75) is 179 Å². The number of β-amino-alcohol motifs (C(OH)–C–C–N with tert-alkyl or cyclic N) is 1. The summed E-state index contributed by atoms with van der Waals surface area (Å²) in [5, 5.41) is 23.3. The number of aromatic nitrogens is 1. The summed E-state index contributed by atoms with van der Waals surface area (Å²) in [6, 6.07) is 25.1. The molecule has 0 radical (unpaired) electrons. The lowest BCUT2D eigenvalue weighted by Gasteiger charge is -2.35. The van der Waals surface area contributed by atoms with E-state index in [1.165, 1.54) is 10.5 Å². The summed E-state index contributed by atoms with van der Waals surface area (Å²) in [4.78, 5) is 94.8. The highest BCUT2D eigenvalue weighted by Gasteiger charge is 2.48. The molecular weight excluding hydrogens is 1160 g/mol. The molecule has 1 saturated carbocycles. The average Bonchev–Trinajstić information content (AvgIpc) is 1.96. The molecule has 5 N–H and O–H groups in total. The number of rotatable bonds is 28. The van der Waals surface area contributed by atoms with Gasteiger partial charge in [-0.05, 0) is 137 Å². The molecule has 0 unspecified atom stereocenters. The minimum atomic E-state index is -0.914. The first-order valence-corrected chi connectivity index (χ1v) is 33.5. The molecule has 3 fully saturated rings. The molecule has 6 amide bonds. The third-order valence-corrected chi connectivity index (χ3v) is 19.5. The highest BCUT2D eigenvalue weighted by molar-refractivity contribution is 7.13. The van der Waals surface area contributed by atoms with E-state index >= 15 is 0 Å². The lowest BCUT2D eigenvalue weighted by atomic mass is 9.83. The second-order valence-electron chi connectivity index (χ2n) is 25.2. The van der Waals surface area contributed by atoms with Gasteiger partial charge in [-0.15, -0.1) is 11.3 Å². The van der Waals surface area contributed by atoms with Crippen molar-refractivity contribution in [2.75, 3.05) is 46.6 Å². The van der Waals surface area contributed by atoms with E-state index in [-0.39, 0.29) is 79.4 Å². The van der Waals surface area contributed by atoms with Crippen LogP contribution in [0.2, 0.25) is 0 Å². The first-order chi connectivity index (χ1) is 43.6. The summed E-state index contributed by atoms with van der Waals surface area (Å²) in [6.07, 6.45) is 9.53. The minimum absolute atomic E-state index is 0.00306. The SMILES string of the molecule is CN[C@@H](C)C(=O)N[C@H](C(=O)N1C[C@@H](Oc2cccc(OCCCCOCCCCOc3cc(-c4scnc4C)ccc3CNC(=O)[C@@H]3C[C@@H](O)CN3C(=O)[C@H](C(C)C)N3Cc4ccccc4C3=O)c2)C[C@H]1C(=O)N[C@@H]1CCCc2ccccc21)C1CCCCC1. The molecule has 1 aromatic heterocycles. The van der Waals surface area contributed by atoms with E-state index < -0.39 is 42.4 Å². The fraction of sp³-hybridized carbons (Fsp3) is 0.529. The van der Waals surface area contributed by atoms with Crippen molar-refractivity contribution < 1.29 is 52.8 Å². The molecule has 0 spiro atoms. The van der Waals surface area contributed by atoms with Gasteiger partial charge in [0, 0.05) is 62.9 Å². The van der Waals surface area contributed by atoms with Crippen LogP contribution < -0.4 is 35.5 Å². The van der Waals surface area contributed by atoms with Crippen LogP contribution in [0.3, 0.4) is 0 Å². The lowest BCUT2D eigenvalue weighted by Crippen LogP contribution is -2.58. The Balaban J connectivity index is 0.679. The Hall–Kier alpha value is -7.39. The van der Waals surface area contributed by atoms with Crippen LogP contribution in [0, 0.1) is 18.8 Å². The number of likely N-dealkylation sites (N-methyl/N-ethyl adjacent to an activating group) is 1. The molecule has 5 aromatic rings. The maximum Gasteiger partial charge on any atom is 0.255 e. The molecule has 2 saturated heterocycles. The normalized spacial score (nSPS) is 20.9. The van der Waals surface area contributed by atoms with Crippen LogP contribution in [0.25, 0.3) is 10.4 Å². The first-order valence-electron chi connectivity index (χ1n) is 32.6. The van der Waals surface area contributed by atoms with E-state index in [2.05, 4.69) is 38.4 Å². The lowest BCUT2D eigenvalue weighted by molar-refractivity contribution is -0.143. The predicted octanol–water partition coefficient (Wildman–Crippen LogP) is 8.63. The van der Waals surface area contributed by atoms with Crippen LogP contribution in [0.15, 0.2) is 96.5 Å². The number of nitrogens with one attached hydrogen (secondary N) is 4. The number of ether oxygens (including phenoxy) is 4. The number of fused-ring (bicyclic) bond motifs is 2. The van der Waals surface area contributed by atoms with Crippen LogP contribution in [0.4, 0.5) is 0 Å². The van der Waals surface area contributed by atoms with Gasteiger partial charge in [0.15, 0.2) is 0 Å². The molecule has 10 rings (SSSR count). The van der Waals surface area contributed by atoms with Gasteiger partial charge in [0.05, 0.1) is 54.0 Å². The molecule has 8 atom stereocenters. The number of hydrogen-bond donors (Lipinski definition) is 5. The monoisotopic (exact) mass is 1250 g/mol. The predicted molar refractivity (Wildman–Crippen MR) is 344 cm³/mol. The van der Waals surface area contributed by atoms with Crippen molar-refractivity contribution in [3.63, 3.8) is 0 Å². The van der Waals surface area contributed by atoms with E-state index in [1.54, 1.807) is 41.2 Å². The zero-order chi connectivity index (χ0) is 63.3. The summed E-state index contributed by atoms with van der Waals surface area (Å²) in [5.74, 6) is -0.0735. The van der Waals surface area contributed by atoms with Gasteiger partial charge in [-0.3, -0.25) is 28.8 Å². The van der Waals surface area contributed by atoms with Gasteiger partial charge in [0.1, 0.15) is 47.5 Å². The second kappa shape index (κ2) is 31.1. The standard InChI is InChI=1S/C70H90N8O11S/c1-44(2)63(78-40-51-22-10-12-27-57(51)68(78)83)70(85)76-41-52(79)36-59(76)66(81)72-39-50-30-29-49(64-45(3)73-43-90-64)35-61(50)88-34-16-14-32-86-31-13-15-33-87-53-24-18-25-54(37-53)89-55-38-60(67(82)74-58-28-17-23-47-19-9-11-26-56(47)58)77(42-55)69(84)62(48-20-7-6-8-21-48)75-65(80)46(4)71-5/h9-12,18-19,22,24-27,29-30,35,37,43-44,46,48,52,55,58-60,62-63,71,79H,6-8,13-17,20-21,23,28,31-34,36,38-42H2,1-5H3,(H,72,81)(H,74,82)(H,75,80)/t46-,52+,55-,58+,59-,60-,62-,63-/m0/s1. The van der Waals surface area contributed by atoms with Crippen LogP contribution in [-0.2, 0) is 48.2 Å². The van der Waals surface area contributed by atoms with E-state index in [4.69, 9.17) is 18.9 Å². The number of likely N-dealkylation sites (tertiary alicyclic amines) is 2. The van der Waals surface area contributed by atoms with Crippen LogP contribution in [-0.4, -0.2) is 149 Å². The number of benzene rings is 4. The molecule has 0 bridgehead atoms. The number of thiazole rings is 1. The summed E-state index contributed by atoms with van der Waals surface area (Å²) < 4.78 is 25.2. The van der Waals surface area contributed by atoms with Crippen molar-refractivity contribution in [3.05, 3.63) is 130 Å². The molecular formula is C70H90N8O11S. The number of aliphatic hydroxyl groups is 1. The van der Waals surface area contributed by atoms with E-state index in [9.17, 15) is 33.9 Å². The van der Waals surface area contributed by atoms with E-state index in [1.807, 2.05) is 99.1 Å². The quantitative estimate of drug-likeness (QED) is 0.0296. The van der Waals surface area contributed by atoms with Gasteiger partial charge in [0.2, 0.25) is 29.5 Å². The van der Waals surface area contributed by atoms with Gasteiger partial charge < -0.3 is 60.0 Å². The van der Waals surface area contributed by atoms with E-state index in [0.29, 0.717) is 62.2 Å².